The van der Waals surface area contributed by atoms with Crippen molar-refractivity contribution < 1.29 is 9.53 Å². The monoisotopic (exact) mass is 225 g/mol. The second-order valence-electron chi connectivity index (χ2n) is 5.23. The Bertz CT molecular complexity index is 248. The molecule has 1 aliphatic carbocycles. The summed E-state index contributed by atoms with van der Waals surface area (Å²) < 4.78 is 5.36. The lowest BCUT2D eigenvalue weighted by atomic mass is 9.88. The third kappa shape index (κ3) is 2.33. The lowest BCUT2D eigenvalue weighted by Gasteiger charge is -2.28. The Morgan fingerprint density at radius 1 is 1.31 bits per heavy atom. The van der Waals surface area contributed by atoms with Crippen LogP contribution in [0, 0.1) is 5.92 Å². The quantitative estimate of drug-likeness (QED) is 0.738. The van der Waals surface area contributed by atoms with Crippen LogP contribution in [0.2, 0.25) is 0 Å². The van der Waals surface area contributed by atoms with E-state index in [4.69, 9.17) is 4.74 Å². The van der Waals surface area contributed by atoms with E-state index in [1.54, 1.807) is 0 Å². The minimum Gasteiger partial charge on any atom is -0.444 e. The van der Waals surface area contributed by atoms with Crippen LogP contribution in [0.3, 0.4) is 0 Å². The molecule has 0 spiro atoms. The smallest absolute Gasteiger partial charge is 0.410 e. The predicted octanol–water partition coefficient (Wildman–Crippen LogP) is 3.19. The summed E-state index contributed by atoms with van der Waals surface area (Å²) in [5.41, 5.74) is 0. The van der Waals surface area contributed by atoms with Crippen molar-refractivity contribution in [2.75, 3.05) is 6.54 Å². The number of ether oxygens (including phenoxy) is 1. The molecule has 0 bridgehead atoms. The SMILES string of the molecule is CC[C@H]1OC(=O)N(CC2CCCCC2)[C@@H]1C. The van der Waals surface area contributed by atoms with Crippen LogP contribution in [0.1, 0.15) is 52.4 Å². The fourth-order valence-corrected chi connectivity index (χ4v) is 2.98. The zero-order chi connectivity index (χ0) is 11.5. The molecule has 0 radical (unpaired) electrons. The lowest BCUT2D eigenvalue weighted by Crippen LogP contribution is -2.38. The molecule has 1 heterocycles. The summed E-state index contributed by atoms with van der Waals surface area (Å²) in [6.07, 6.45) is 7.54. The van der Waals surface area contributed by atoms with Crippen molar-refractivity contribution in [2.45, 2.75) is 64.5 Å². The van der Waals surface area contributed by atoms with Gasteiger partial charge in [0.1, 0.15) is 6.10 Å². The summed E-state index contributed by atoms with van der Waals surface area (Å²) in [5.74, 6) is 0.708. The average molecular weight is 225 g/mol. The minimum atomic E-state index is -0.0927. The van der Waals surface area contributed by atoms with Crippen LogP contribution >= 0.6 is 0 Å². The molecule has 1 saturated carbocycles. The molecule has 92 valence electrons. The third-order valence-electron chi connectivity index (χ3n) is 4.10. The highest BCUT2D eigenvalue weighted by molar-refractivity contribution is 5.70. The second-order valence-corrected chi connectivity index (χ2v) is 5.23. The van der Waals surface area contributed by atoms with Crippen LogP contribution in [-0.2, 0) is 4.74 Å². The fraction of sp³-hybridized carbons (Fsp3) is 0.923. The first kappa shape index (κ1) is 11.7. The van der Waals surface area contributed by atoms with Gasteiger partial charge < -0.3 is 9.64 Å². The van der Waals surface area contributed by atoms with Gasteiger partial charge in [0.15, 0.2) is 0 Å². The van der Waals surface area contributed by atoms with Gasteiger partial charge in [-0.2, -0.15) is 0 Å². The molecule has 0 aromatic heterocycles. The molecule has 0 N–H and O–H groups in total. The van der Waals surface area contributed by atoms with Gasteiger partial charge in [0.2, 0.25) is 0 Å². The van der Waals surface area contributed by atoms with Crippen LogP contribution < -0.4 is 0 Å². The summed E-state index contributed by atoms with van der Waals surface area (Å²) in [6.45, 7) is 5.11. The Balaban J connectivity index is 1.90. The highest BCUT2D eigenvalue weighted by Crippen LogP contribution is 2.28. The molecule has 0 aromatic carbocycles. The first-order valence-electron chi connectivity index (χ1n) is 6.69. The molecule has 0 unspecified atom stereocenters. The van der Waals surface area contributed by atoms with Crippen molar-refractivity contribution in [2.24, 2.45) is 5.92 Å². The number of cyclic esters (lactones) is 1. The van der Waals surface area contributed by atoms with Gasteiger partial charge in [-0.05, 0) is 32.1 Å². The summed E-state index contributed by atoms with van der Waals surface area (Å²) in [7, 11) is 0. The maximum atomic E-state index is 11.7. The van der Waals surface area contributed by atoms with E-state index in [-0.39, 0.29) is 18.2 Å². The maximum Gasteiger partial charge on any atom is 0.410 e. The molecule has 3 heteroatoms. The Morgan fingerprint density at radius 2 is 2.00 bits per heavy atom. The van der Waals surface area contributed by atoms with Crippen molar-refractivity contribution in [3.63, 3.8) is 0 Å². The van der Waals surface area contributed by atoms with Crippen LogP contribution in [0.5, 0.6) is 0 Å². The van der Waals surface area contributed by atoms with Crippen LogP contribution in [0.25, 0.3) is 0 Å². The first-order valence-corrected chi connectivity index (χ1v) is 6.69. The summed E-state index contributed by atoms with van der Waals surface area (Å²) >= 11 is 0. The van der Waals surface area contributed by atoms with Crippen LogP contribution in [0.15, 0.2) is 0 Å². The van der Waals surface area contributed by atoms with E-state index in [9.17, 15) is 4.79 Å². The number of carbonyl (C=O) groups excluding carboxylic acids is 1. The fourth-order valence-electron chi connectivity index (χ4n) is 2.98. The van der Waals surface area contributed by atoms with Crippen molar-refractivity contribution >= 4 is 6.09 Å². The molecule has 2 rings (SSSR count). The number of nitrogens with zero attached hydrogens (tertiary/aromatic N) is 1. The van der Waals surface area contributed by atoms with E-state index in [1.807, 2.05) is 4.90 Å². The average Bonchev–Trinajstić information content (AvgIpc) is 2.58. The van der Waals surface area contributed by atoms with Crippen molar-refractivity contribution in [3.8, 4) is 0 Å². The Kier molecular flexibility index (Phi) is 3.72. The molecular formula is C13H23NO2. The number of amides is 1. The highest BCUT2D eigenvalue weighted by atomic mass is 16.6. The zero-order valence-corrected chi connectivity index (χ0v) is 10.4. The first-order chi connectivity index (χ1) is 7.72. The Labute approximate surface area is 98.1 Å². The van der Waals surface area contributed by atoms with Gasteiger partial charge in [-0.25, -0.2) is 4.79 Å². The third-order valence-corrected chi connectivity index (χ3v) is 4.10. The van der Waals surface area contributed by atoms with Gasteiger partial charge in [0, 0.05) is 6.54 Å². The van der Waals surface area contributed by atoms with Crippen molar-refractivity contribution in [3.05, 3.63) is 0 Å². The molecule has 2 atom stereocenters. The van der Waals surface area contributed by atoms with E-state index >= 15 is 0 Å². The Hall–Kier alpha value is -0.730. The van der Waals surface area contributed by atoms with Crippen molar-refractivity contribution in [1.82, 2.24) is 4.90 Å². The van der Waals surface area contributed by atoms with Crippen molar-refractivity contribution in [1.29, 1.82) is 0 Å². The standard InChI is InChI=1S/C13H23NO2/c1-3-12-10(2)14(13(15)16-12)9-11-7-5-4-6-8-11/h10-12H,3-9H2,1-2H3/t10-,12-/m1/s1. The largest absolute Gasteiger partial charge is 0.444 e. The number of carbonyl (C=O) groups is 1. The van der Waals surface area contributed by atoms with Gasteiger partial charge >= 0.3 is 6.09 Å². The molecule has 1 amide bonds. The summed E-state index contributed by atoms with van der Waals surface area (Å²) in [5, 5.41) is 0. The molecule has 3 nitrogen and oxygen atoms in total. The zero-order valence-electron chi connectivity index (χ0n) is 10.4. The molecule has 1 aliphatic heterocycles. The molecular weight excluding hydrogens is 202 g/mol. The van der Waals surface area contributed by atoms with Gasteiger partial charge in [-0.3, -0.25) is 0 Å². The van der Waals surface area contributed by atoms with E-state index in [1.165, 1.54) is 32.1 Å². The van der Waals surface area contributed by atoms with Crippen LogP contribution in [-0.4, -0.2) is 29.7 Å². The highest BCUT2D eigenvalue weighted by Gasteiger charge is 2.38. The normalized spacial score (nSPS) is 31.9. The second kappa shape index (κ2) is 5.07. The summed E-state index contributed by atoms with van der Waals surface area (Å²) in [4.78, 5) is 13.7. The molecule has 2 fully saturated rings. The van der Waals surface area contributed by atoms with E-state index in [0.717, 1.165) is 13.0 Å². The predicted molar refractivity (Wildman–Crippen MR) is 63.3 cm³/mol. The number of hydrogen-bond acceptors (Lipinski definition) is 2. The topological polar surface area (TPSA) is 29.5 Å². The number of hydrogen-bond donors (Lipinski definition) is 0. The minimum absolute atomic E-state index is 0.0927. The Morgan fingerprint density at radius 3 is 2.56 bits per heavy atom. The van der Waals surface area contributed by atoms with Crippen LogP contribution in [0.4, 0.5) is 4.79 Å². The van der Waals surface area contributed by atoms with Gasteiger partial charge in [-0.15, -0.1) is 0 Å². The van der Waals surface area contributed by atoms with Gasteiger partial charge in [-0.1, -0.05) is 26.2 Å². The molecule has 1 saturated heterocycles. The van der Waals surface area contributed by atoms with E-state index < -0.39 is 0 Å². The molecule has 16 heavy (non-hydrogen) atoms. The molecule has 2 aliphatic rings. The van der Waals surface area contributed by atoms with E-state index in [0.29, 0.717) is 5.92 Å². The van der Waals surface area contributed by atoms with Gasteiger partial charge in [0.25, 0.3) is 0 Å². The lowest BCUT2D eigenvalue weighted by molar-refractivity contribution is 0.126. The van der Waals surface area contributed by atoms with E-state index in [2.05, 4.69) is 13.8 Å². The summed E-state index contributed by atoms with van der Waals surface area (Å²) in [6, 6.07) is 0.263. The molecule has 0 aromatic rings. The van der Waals surface area contributed by atoms with Gasteiger partial charge in [0.05, 0.1) is 6.04 Å². The maximum absolute atomic E-state index is 11.7. The number of rotatable bonds is 3.